The molecule has 1 aromatic carbocycles. The Balaban J connectivity index is 2.30. The Morgan fingerprint density at radius 3 is 2.75 bits per heavy atom. The van der Waals surface area contributed by atoms with Gasteiger partial charge in [0.2, 0.25) is 0 Å². The second-order valence-corrected chi connectivity index (χ2v) is 4.88. The Bertz CT molecular complexity index is 488. The van der Waals surface area contributed by atoms with Gasteiger partial charge in [-0.3, -0.25) is 4.98 Å². The molecule has 0 aliphatic rings. The van der Waals surface area contributed by atoms with Crippen molar-refractivity contribution in [3.63, 3.8) is 0 Å². The Kier molecular flexibility index (Phi) is 3.85. The van der Waals surface area contributed by atoms with E-state index in [2.05, 4.69) is 44.6 Å². The van der Waals surface area contributed by atoms with E-state index < -0.39 is 0 Å². The number of para-hydroxylation sites is 1. The molecule has 2 aromatic rings. The molecule has 16 heavy (non-hydrogen) atoms. The van der Waals surface area contributed by atoms with Crippen molar-refractivity contribution in [1.82, 2.24) is 4.98 Å². The van der Waals surface area contributed by atoms with E-state index in [1.807, 2.05) is 18.2 Å². The standard InChI is InChI=1S/C12H11BrN2S/c1-16-12-5-3-2-4-11(12)15-10-6-7-14-8-9(10)13/h2-8H,1H3,(H,14,15). The molecule has 0 spiro atoms. The molecule has 4 heteroatoms. The van der Waals surface area contributed by atoms with Gasteiger partial charge >= 0.3 is 0 Å². The van der Waals surface area contributed by atoms with Crippen molar-refractivity contribution >= 4 is 39.1 Å². The van der Waals surface area contributed by atoms with Crippen molar-refractivity contribution in [3.05, 3.63) is 47.2 Å². The van der Waals surface area contributed by atoms with Crippen LogP contribution in [0.15, 0.2) is 52.1 Å². The first-order valence-corrected chi connectivity index (χ1v) is 6.82. The van der Waals surface area contributed by atoms with E-state index in [1.165, 1.54) is 4.90 Å². The van der Waals surface area contributed by atoms with Crippen molar-refractivity contribution < 1.29 is 0 Å². The monoisotopic (exact) mass is 294 g/mol. The lowest BCUT2D eigenvalue weighted by atomic mass is 10.3. The highest BCUT2D eigenvalue weighted by Crippen LogP contribution is 2.30. The Labute approximate surface area is 108 Å². The van der Waals surface area contributed by atoms with Gasteiger partial charge in [-0.2, -0.15) is 0 Å². The Hall–Kier alpha value is -1.00. The summed E-state index contributed by atoms with van der Waals surface area (Å²) in [5.74, 6) is 0. The maximum Gasteiger partial charge on any atom is 0.0593 e. The predicted molar refractivity (Wildman–Crippen MR) is 73.4 cm³/mol. The van der Waals surface area contributed by atoms with Gasteiger partial charge in [0.25, 0.3) is 0 Å². The summed E-state index contributed by atoms with van der Waals surface area (Å²) in [5, 5.41) is 3.38. The molecule has 0 aliphatic heterocycles. The summed E-state index contributed by atoms with van der Waals surface area (Å²) in [6, 6.07) is 10.2. The van der Waals surface area contributed by atoms with Crippen molar-refractivity contribution in [3.8, 4) is 0 Å². The number of aromatic nitrogens is 1. The lowest BCUT2D eigenvalue weighted by molar-refractivity contribution is 1.30. The maximum atomic E-state index is 4.04. The van der Waals surface area contributed by atoms with Gasteiger partial charge in [-0.15, -0.1) is 11.8 Å². The fourth-order valence-corrected chi connectivity index (χ4v) is 2.27. The SMILES string of the molecule is CSc1ccccc1Nc1ccncc1Br. The number of hydrogen-bond acceptors (Lipinski definition) is 3. The Morgan fingerprint density at radius 1 is 1.19 bits per heavy atom. The van der Waals surface area contributed by atoms with E-state index >= 15 is 0 Å². The number of thioether (sulfide) groups is 1. The molecule has 0 aliphatic carbocycles. The smallest absolute Gasteiger partial charge is 0.0593 e. The van der Waals surface area contributed by atoms with Gasteiger partial charge in [0.1, 0.15) is 0 Å². The minimum Gasteiger partial charge on any atom is -0.354 e. The van der Waals surface area contributed by atoms with E-state index in [-0.39, 0.29) is 0 Å². The van der Waals surface area contributed by atoms with E-state index in [9.17, 15) is 0 Å². The quantitative estimate of drug-likeness (QED) is 0.854. The predicted octanol–water partition coefficient (Wildman–Crippen LogP) is 4.31. The average Bonchev–Trinajstić information content (AvgIpc) is 2.33. The molecule has 82 valence electrons. The largest absolute Gasteiger partial charge is 0.354 e. The molecule has 0 amide bonds. The highest BCUT2D eigenvalue weighted by Gasteiger charge is 2.03. The van der Waals surface area contributed by atoms with Gasteiger partial charge in [0.05, 0.1) is 15.8 Å². The van der Waals surface area contributed by atoms with Crippen LogP contribution in [0.1, 0.15) is 0 Å². The van der Waals surface area contributed by atoms with Gasteiger partial charge in [0, 0.05) is 17.3 Å². The van der Waals surface area contributed by atoms with Gasteiger partial charge in [-0.25, -0.2) is 0 Å². The number of nitrogens with zero attached hydrogens (tertiary/aromatic N) is 1. The lowest BCUT2D eigenvalue weighted by Crippen LogP contribution is -1.93. The zero-order chi connectivity index (χ0) is 11.4. The molecular formula is C12H11BrN2S. The molecule has 0 saturated carbocycles. The van der Waals surface area contributed by atoms with E-state index in [4.69, 9.17) is 0 Å². The number of benzene rings is 1. The summed E-state index contributed by atoms with van der Waals surface area (Å²) in [5.41, 5.74) is 2.14. The molecule has 2 rings (SSSR count). The summed E-state index contributed by atoms with van der Waals surface area (Å²) in [4.78, 5) is 5.27. The van der Waals surface area contributed by atoms with Gasteiger partial charge in [-0.1, -0.05) is 12.1 Å². The van der Waals surface area contributed by atoms with Crippen molar-refractivity contribution in [1.29, 1.82) is 0 Å². The van der Waals surface area contributed by atoms with Crippen LogP contribution in [0.25, 0.3) is 0 Å². The summed E-state index contributed by atoms with van der Waals surface area (Å²) in [6.45, 7) is 0. The third-order valence-corrected chi connectivity index (χ3v) is 3.58. The van der Waals surface area contributed by atoms with Crippen LogP contribution in [0.2, 0.25) is 0 Å². The number of halogens is 1. The fraction of sp³-hybridized carbons (Fsp3) is 0.0833. The molecule has 0 atom stereocenters. The summed E-state index contributed by atoms with van der Waals surface area (Å²) in [7, 11) is 0. The number of anilines is 2. The highest BCUT2D eigenvalue weighted by atomic mass is 79.9. The first kappa shape index (κ1) is 11.5. The normalized spacial score (nSPS) is 10.1. The first-order chi connectivity index (χ1) is 7.81. The topological polar surface area (TPSA) is 24.9 Å². The van der Waals surface area contributed by atoms with Crippen LogP contribution in [0.5, 0.6) is 0 Å². The maximum absolute atomic E-state index is 4.04. The van der Waals surface area contributed by atoms with Crippen LogP contribution in [-0.2, 0) is 0 Å². The number of nitrogens with one attached hydrogen (secondary N) is 1. The van der Waals surface area contributed by atoms with Gasteiger partial charge < -0.3 is 5.32 Å². The lowest BCUT2D eigenvalue weighted by Gasteiger charge is -2.11. The summed E-state index contributed by atoms with van der Waals surface area (Å²) >= 11 is 5.20. The van der Waals surface area contributed by atoms with Crippen LogP contribution in [-0.4, -0.2) is 11.2 Å². The molecule has 1 heterocycles. The second kappa shape index (κ2) is 5.37. The van der Waals surface area contributed by atoms with Crippen LogP contribution < -0.4 is 5.32 Å². The van der Waals surface area contributed by atoms with Crippen LogP contribution >= 0.6 is 27.7 Å². The second-order valence-electron chi connectivity index (χ2n) is 3.18. The van der Waals surface area contributed by atoms with E-state index in [1.54, 1.807) is 24.2 Å². The van der Waals surface area contributed by atoms with E-state index in [0.717, 1.165) is 15.8 Å². The summed E-state index contributed by atoms with van der Waals surface area (Å²) in [6.07, 6.45) is 5.63. The number of pyridine rings is 1. The number of hydrogen-bond donors (Lipinski definition) is 1. The third kappa shape index (κ3) is 2.57. The highest BCUT2D eigenvalue weighted by molar-refractivity contribution is 9.10. The molecule has 1 N–H and O–H groups in total. The summed E-state index contributed by atoms with van der Waals surface area (Å²) < 4.78 is 0.964. The van der Waals surface area contributed by atoms with Gasteiger partial charge in [0.15, 0.2) is 0 Å². The molecule has 0 unspecified atom stereocenters. The van der Waals surface area contributed by atoms with E-state index in [0.29, 0.717) is 0 Å². The van der Waals surface area contributed by atoms with Crippen molar-refractivity contribution in [2.75, 3.05) is 11.6 Å². The van der Waals surface area contributed by atoms with Crippen LogP contribution in [0, 0.1) is 0 Å². The van der Waals surface area contributed by atoms with Crippen LogP contribution in [0.4, 0.5) is 11.4 Å². The zero-order valence-electron chi connectivity index (χ0n) is 8.77. The van der Waals surface area contributed by atoms with Crippen molar-refractivity contribution in [2.24, 2.45) is 0 Å². The van der Waals surface area contributed by atoms with Gasteiger partial charge in [-0.05, 0) is 40.4 Å². The van der Waals surface area contributed by atoms with Crippen molar-refractivity contribution in [2.45, 2.75) is 4.90 Å². The molecule has 1 aromatic heterocycles. The average molecular weight is 295 g/mol. The fourth-order valence-electron chi connectivity index (χ4n) is 1.37. The molecule has 0 bridgehead atoms. The molecule has 0 radical (unpaired) electrons. The molecular weight excluding hydrogens is 284 g/mol. The third-order valence-electron chi connectivity index (χ3n) is 2.15. The molecule has 0 saturated heterocycles. The minimum absolute atomic E-state index is 0.964. The molecule has 0 fully saturated rings. The first-order valence-electron chi connectivity index (χ1n) is 4.81. The zero-order valence-corrected chi connectivity index (χ0v) is 11.2. The number of rotatable bonds is 3. The van der Waals surface area contributed by atoms with Crippen LogP contribution in [0.3, 0.4) is 0 Å². The minimum atomic E-state index is 0.964. The molecule has 2 nitrogen and oxygen atoms in total. The Morgan fingerprint density at radius 2 is 2.00 bits per heavy atom.